The zero-order valence-electron chi connectivity index (χ0n) is 9.14. The van der Waals surface area contributed by atoms with Crippen LogP contribution in [0.3, 0.4) is 0 Å². The van der Waals surface area contributed by atoms with E-state index in [-0.39, 0.29) is 18.2 Å². The first-order valence-corrected chi connectivity index (χ1v) is 6.19. The third kappa shape index (κ3) is 5.18. The summed E-state index contributed by atoms with van der Waals surface area (Å²) in [4.78, 5) is 10.9. The largest absolute Gasteiger partial charge is 0.484 e. The first-order valence-electron chi connectivity index (χ1n) is 4.65. The van der Waals surface area contributed by atoms with Gasteiger partial charge in [-0.1, -0.05) is 6.07 Å². The summed E-state index contributed by atoms with van der Waals surface area (Å²) in [5, 5.41) is 7.21. The number of amides is 1. The third-order valence-corrected chi connectivity index (χ3v) is 2.26. The van der Waals surface area contributed by atoms with Gasteiger partial charge >= 0.3 is 0 Å². The Hall–Kier alpha value is -1.80. The molecule has 1 aromatic rings. The average Bonchev–Trinajstić information content (AvgIpc) is 2.24. The van der Waals surface area contributed by atoms with Crippen molar-refractivity contribution in [3.63, 3.8) is 0 Å². The van der Waals surface area contributed by atoms with Gasteiger partial charge < -0.3 is 10.1 Å². The molecule has 1 amide bonds. The third-order valence-electron chi connectivity index (χ3n) is 1.74. The van der Waals surface area contributed by atoms with E-state index in [1.165, 1.54) is 19.2 Å². The first kappa shape index (κ1) is 13.3. The Morgan fingerprint density at radius 3 is 2.76 bits per heavy atom. The number of ether oxygens (including phenoxy) is 1. The minimum absolute atomic E-state index is 0.144. The van der Waals surface area contributed by atoms with Gasteiger partial charge in [0.2, 0.25) is 0 Å². The highest BCUT2D eigenvalue weighted by Gasteiger charge is 2.04. The lowest BCUT2D eigenvalue weighted by molar-refractivity contribution is -0.122. The molecule has 0 bridgehead atoms. The fraction of sp³-hybridized carbons (Fsp3) is 0.222. The Balaban J connectivity index is 2.69. The Morgan fingerprint density at radius 1 is 1.47 bits per heavy atom. The van der Waals surface area contributed by atoms with Gasteiger partial charge in [0.1, 0.15) is 5.75 Å². The quantitative estimate of drug-likeness (QED) is 0.657. The van der Waals surface area contributed by atoms with Crippen molar-refractivity contribution in [3.05, 3.63) is 24.3 Å². The van der Waals surface area contributed by atoms with Gasteiger partial charge in [0.15, 0.2) is 6.61 Å². The molecule has 0 heterocycles. The molecule has 8 heteroatoms. The summed E-state index contributed by atoms with van der Waals surface area (Å²) in [6.07, 6.45) is 0. The topological polar surface area (TPSA) is 111 Å². The van der Waals surface area contributed by atoms with Crippen LogP contribution in [0.1, 0.15) is 0 Å². The molecule has 0 atom stereocenters. The maximum atomic E-state index is 10.9. The summed E-state index contributed by atoms with van der Waals surface area (Å²) in [5.41, 5.74) is 0.266. The number of carbonyl (C=O) groups is 1. The normalized spacial score (nSPS) is 10.7. The van der Waals surface area contributed by atoms with Gasteiger partial charge in [0.05, 0.1) is 5.69 Å². The van der Waals surface area contributed by atoms with Crippen molar-refractivity contribution in [2.45, 2.75) is 0 Å². The van der Waals surface area contributed by atoms with E-state index < -0.39 is 10.2 Å². The van der Waals surface area contributed by atoms with Crippen LogP contribution in [0.25, 0.3) is 0 Å². The van der Waals surface area contributed by atoms with Crippen LogP contribution >= 0.6 is 0 Å². The Bertz CT molecular complexity index is 501. The molecule has 94 valence electrons. The van der Waals surface area contributed by atoms with E-state index in [1.807, 2.05) is 0 Å². The van der Waals surface area contributed by atoms with E-state index in [0.717, 1.165) is 0 Å². The van der Waals surface area contributed by atoms with Crippen molar-refractivity contribution in [2.24, 2.45) is 5.14 Å². The number of nitrogens with two attached hydrogens (primary N) is 1. The molecule has 0 saturated carbocycles. The zero-order valence-corrected chi connectivity index (χ0v) is 9.95. The Morgan fingerprint density at radius 2 is 2.18 bits per heavy atom. The van der Waals surface area contributed by atoms with E-state index in [4.69, 9.17) is 9.88 Å². The number of anilines is 1. The van der Waals surface area contributed by atoms with Crippen LogP contribution in [0.2, 0.25) is 0 Å². The number of hydrogen-bond donors (Lipinski definition) is 3. The van der Waals surface area contributed by atoms with Crippen LogP contribution in [0.5, 0.6) is 5.75 Å². The molecule has 1 aromatic carbocycles. The molecule has 0 spiro atoms. The lowest BCUT2D eigenvalue weighted by Crippen LogP contribution is -2.25. The van der Waals surface area contributed by atoms with Crippen molar-refractivity contribution in [3.8, 4) is 5.75 Å². The molecule has 1 rings (SSSR count). The SMILES string of the molecule is CNC(=O)COc1cccc(NS(N)(=O)=O)c1. The maximum Gasteiger partial charge on any atom is 0.296 e. The Kier molecular flexibility index (Phi) is 4.30. The van der Waals surface area contributed by atoms with Crippen molar-refractivity contribution < 1.29 is 17.9 Å². The van der Waals surface area contributed by atoms with Crippen LogP contribution in [-0.2, 0) is 15.0 Å². The second-order valence-corrected chi connectivity index (χ2v) is 4.43. The molecule has 0 aliphatic heterocycles. The molecule has 0 aliphatic carbocycles. The van der Waals surface area contributed by atoms with Crippen LogP contribution in [0.4, 0.5) is 5.69 Å². The molecule has 17 heavy (non-hydrogen) atoms. The fourth-order valence-electron chi connectivity index (χ4n) is 1.03. The summed E-state index contributed by atoms with van der Waals surface area (Å²) in [5.74, 6) is 0.0806. The smallest absolute Gasteiger partial charge is 0.296 e. The van der Waals surface area contributed by atoms with Crippen LogP contribution < -0.4 is 19.9 Å². The summed E-state index contributed by atoms with van der Waals surface area (Å²) < 4.78 is 28.8. The number of rotatable bonds is 5. The summed E-state index contributed by atoms with van der Waals surface area (Å²) in [6, 6.07) is 6.11. The highest BCUT2D eigenvalue weighted by molar-refractivity contribution is 7.90. The molecule has 0 unspecified atom stereocenters. The lowest BCUT2D eigenvalue weighted by atomic mass is 10.3. The minimum atomic E-state index is -3.81. The number of nitrogens with one attached hydrogen (secondary N) is 2. The van der Waals surface area contributed by atoms with E-state index in [2.05, 4.69) is 10.0 Å². The van der Waals surface area contributed by atoms with Crippen LogP contribution in [0, 0.1) is 0 Å². The summed E-state index contributed by atoms with van der Waals surface area (Å²) in [6.45, 7) is -0.144. The van der Waals surface area contributed by atoms with Crippen molar-refractivity contribution in [1.29, 1.82) is 0 Å². The van der Waals surface area contributed by atoms with Gasteiger partial charge in [-0.25, -0.2) is 5.14 Å². The first-order chi connectivity index (χ1) is 7.90. The van der Waals surface area contributed by atoms with Crippen molar-refractivity contribution in [2.75, 3.05) is 18.4 Å². The second-order valence-electron chi connectivity index (χ2n) is 3.14. The van der Waals surface area contributed by atoms with Gasteiger partial charge in [-0.05, 0) is 12.1 Å². The van der Waals surface area contributed by atoms with E-state index in [1.54, 1.807) is 12.1 Å². The van der Waals surface area contributed by atoms with Crippen molar-refractivity contribution in [1.82, 2.24) is 5.32 Å². The monoisotopic (exact) mass is 259 g/mol. The maximum absolute atomic E-state index is 10.9. The summed E-state index contributed by atoms with van der Waals surface area (Å²) >= 11 is 0. The minimum Gasteiger partial charge on any atom is -0.484 e. The van der Waals surface area contributed by atoms with Crippen LogP contribution in [0.15, 0.2) is 24.3 Å². The number of benzene rings is 1. The lowest BCUT2D eigenvalue weighted by Gasteiger charge is -2.07. The molecule has 4 N–H and O–H groups in total. The average molecular weight is 259 g/mol. The predicted molar refractivity (Wildman–Crippen MR) is 62.7 cm³/mol. The molecule has 0 aliphatic rings. The van der Waals surface area contributed by atoms with Crippen LogP contribution in [-0.4, -0.2) is 28.0 Å². The Labute approximate surface area is 99.1 Å². The molecular formula is C9H13N3O4S. The predicted octanol–water partition coefficient (Wildman–Crippen LogP) is -0.573. The molecular weight excluding hydrogens is 246 g/mol. The molecule has 0 fully saturated rings. The fourth-order valence-corrected chi connectivity index (χ4v) is 1.49. The van der Waals surface area contributed by atoms with Crippen molar-refractivity contribution >= 4 is 21.8 Å². The molecule has 7 nitrogen and oxygen atoms in total. The highest BCUT2D eigenvalue weighted by Crippen LogP contribution is 2.17. The van der Waals surface area contributed by atoms with E-state index in [9.17, 15) is 13.2 Å². The van der Waals surface area contributed by atoms with Gasteiger partial charge in [-0.15, -0.1) is 0 Å². The standard InChI is InChI=1S/C9H13N3O4S/c1-11-9(13)6-16-8-4-2-3-7(5-8)12-17(10,14)15/h2-5,12H,6H2,1H3,(H,11,13)(H2,10,14,15). The number of carbonyl (C=O) groups excluding carboxylic acids is 1. The van der Waals surface area contributed by atoms with E-state index >= 15 is 0 Å². The van der Waals surface area contributed by atoms with Gasteiger partial charge in [-0.3, -0.25) is 9.52 Å². The van der Waals surface area contributed by atoms with Gasteiger partial charge in [-0.2, -0.15) is 8.42 Å². The van der Waals surface area contributed by atoms with E-state index in [0.29, 0.717) is 5.75 Å². The molecule has 0 aromatic heterocycles. The number of likely N-dealkylation sites (N-methyl/N-ethyl adjacent to an activating group) is 1. The molecule has 0 radical (unpaired) electrons. The number of hydrogen-bond acceptors (Lipinski definition) is 4. The summed E-state index contributed by atoms with van der Waals surface area (Å²) in [7, 11) is -2.32. The molecule has 0 saturated heterocycles. The second kappa shape index (κ2) is 5.51. The zero-order chi connectivity index (χ0) is 12.9. The van der Waals surface area contributed by atoms with Gasteiger partial charge in [0, 0.05) is 13.1 Å². The van der Waals surface area contributed by atoms with Gasteiger partial charge in [0.25, 0.3) is 16.1 Å². The highest BCUT2D eigenvalue weighted by atomic mass is 32.2.